The number of carbonyl (C=O) groups is 1. The van der Waals surface area contributed by atoms with Crippen molar-refractivity contribution in [1.82, 2.24) is 15.1 Å². The summed E-state index contributed by atoms with van der Waals surface area (Å²) in [6.45, 7) is 6.87. The molecular formula is C12H20BrN3O. The zero-order chi connectivity index (χ0) is 13.1. The molecular weight excluding hydrogens is 282 g/mol. The van der Waals surface area contributed by atoms with Gasteiger partial charge in [-0.1, -0.05) is 36.7 Å². The minimum atomic E-state index is -0.0614. The SMILES string of the molecule is CCc1cc(C(=O)NCC(C)(C)CBr)n(C)n1. The van der Waals surface area contributed by atoms with Gasteiger partial charge in [-0.05, 0) is 17.9 Å². The summed E-state index contributed by atoms with van der Waals surface area (Å²) in [5, 5.41) is 8.05. The maximum Gasteiger partial charge on any atom is 0.269 e. The Kier molecular flexibility index (Phi) is 4.74. The molecule has 1 N–H and O–H groups in total. The molecule has 0 spiro atoms. The van der Waals surface area contributed by atoms with Crippen LogP contribution in [0.5, 0.6) is 0 Å². The van der Waals surface area contributed by atoms with Gasteiger partial charge < -0.3 is 5.32 Å². The second-order valence-corrected chi connectivity index (χ2v) is 5.54. The Morgan fingerprint density at radius 2 is 2.24 bits per heavy atom. The van der Waals surface area contributed by atoms with Crippen LogP contribution in [0.4, 0.5) is 0 Å². The summed E-state index contributed by atoms with van der Waals surface area (Å²) in [6.07, 6.45) is 0.841. The molecule has 1 aromatic heterocycles. The van der Waals surface area contributed by atoms with Gasteiger partial charge in [0.1, 0.15) is 5.69 Å². The zero-order valence-corrected chi connectivity index (χ0v) is 12.5. The molecule has 5 heteroatoms. The molecule has 1 aromatic rings. The van der Waals surface area contributed by atoms with Gasteiger partial charge in [0.25, 0.3) is 5.91 Å². The number of hydrogen-bond acceptors (Lipinski definition) is 2. The van der Waals surface area contributed by atoms with Crippen LogP contribution in [0.15, 0.2) is 6.07 Å². The first-order valence-corrected chi connectivity index (χ1v) is 6.89. The van der Waals surface area contributed by atoms with E-state index in [1.54, 1.807) is 11.7 Å². The van der Waals surface area contributed by atoms with E-state index >= 15 is 0 Å². The Morgan fingerprint density at radius 3 is 2.71 bits per heavy atom. The van der Waals surface area contributed by atoms with Gasteiger partial charge in [0, 0.05) is 18.9 Å². The minimum absolute atomic E-state index is 0.0574. The van der Waals surface area contributed by atoms with Crippen LogP contribution >= 0.6 is 15.9 Å². The molecule has 0 unspecified atom stereocenters. The first-order valence-electron chi connectivity index (χ1n) is 5.76. The summed E-state index contributed by atoms with van der Waals surface area (Å²) in [4.78, 5) is 12.0. The Balaban J connectivity index is 2.67. The first kappa shape index (κ1) is 14.2. The summed E-state index contributed by atoms with van der Waals surface area (Å²) < 4.78 is 1.63. The smallest absolute Gasteiger partial charge is 0.269 e. The molecule has 0 radical (unpaired) electrons. The summed E-state index contributed by atoms with van der Waals surface area (Å²) in [5.41, 5.74) is 1.62. The number of aryl methyl sites for hydroxylation is 2. The van der Waals surface area contributed by atoms with Gasteiger partial charge in [-0.25, -0.2) is 0 Å². The van der Waals surface area contributed by atoms with Gasteiger partial charge in [0.05, 0.1) is 5.69 Å². The molecule has 0 atom stereocenters. The Bertz CT molecular complexity index is 398. The number of nitrogens with one attached hydrogen (secondary N) is 1. The molecule has 0 saturated carbocycles. The summed E-state index contributed by atoms with van der Waals surface area (Å²) in [5.74, 6) is -0.0614. The van der Waals surface area contributed by atoms with E-state index in [4.69, 9.17) is 0 Å². The highest BCUT2D eigenvalue weighted by Gasteiger charge is 2.19. The second-order valence-electron chi connectivity index (χ2n) is 4.98. The Hall–Kier alpha value is -0.840. The van der Waals surface area contributed by atoms with Gasteiger partial charge in [-0.2, -0.15) is 5.10 Å². The van der Waals surface area contributed by atoms with Crippen molar-refractivity contribution in [3.63, 3.8) is 0 Å². The summed E-state index contributed by atoms with van der Waals surface area (Å²) in [7, 11) is 1.80. The molecule has 17 heavy (non-hydrogen) atoms. The number of amides is 1. The molecule has 0 aliphatic carbocycles. The predicted octanol–water partition coefficient (Wildman–Crippen LogP) is 2.13. The number of halogens is 1. The van der Waals surface area contributed by atoms with Crippen LogP contribution in [0.25, 0.3) is 0 Å². The summed E-state index contributed by atoms with van der Waals surface area (Å²) in [6, 6.07) is 1.84. The van der Waals surface area contributed by atoms with Crippen LogP contribution in [-0.2, 0) is 13.5 Å². The standard InChI is InChI=1S/C12H20BrN3O/c1-5-9-6-10(16(4)15-9)11(17)14-8-12(2,3)7-13/h6H,5,7-8H2,1-4H3,(H,14,17). The van der Waals surface area contributed by atoms with Crippen LogP contribution in [0, 0.1) is 5.41 Å². The fraction of sp³-hybridized carbons (Fsp3) is 0.667. The lowest BCUT2D eigenvalue weighted by Crippen LogP contribution is -2.35. The van der Waals surface area contributed by atoms with E-state index in [1.165, 1.54) is 0 Å². The van der Waals surface area contributed by atoms with Crippen LogP contribution < -0.4 is 5.32 Å². The van der Waals surface area contributed by atoms with Crippen molar-refractivity contribution in [2.24, 2.45) is 12.5 Å². The number of carbonyl (C=O) groups excluding carboxylic acids is 1. The Labute approximate surface area is 111 Å². The lowest BCUT2D eigenvalue weighted by Gasteiger charge is -2.21. The third kappa shape index (κ3) is 3.84. The molecule has 0 saturated heterocycles. The monoisotopic (exact) mass is 301 g/mol. The Morgan fingerprint density at radius 1 is 1.59 bits per heavy atom. The predicted molar refractivity (Wildman–Crippen MR) is 72.5 cm³/mol. The lowest BCUT2D eigenvalue weighted by atomic mass is 9.97. The van der Waals surface area contributed by atoms with E-state index in [0.29, 0.717) is 12.2 Å². The minimum Gasteiger partial charge on any atom is -0.350 e. The number of nitrogens with zero attached hydrogens (tertiary/aromatic N) is 2. The van der Waals surface area contributed by atoms with Crippen LogP contribution in [0.3, 0.4) is 0 Å². The van der Waals surface area contributed by atoms with Crippen molar-refractivity contribution < 1.29 is 4.79 Å². The molecule has 0 bridgehead atoms. The number of aromatic nitrogens is 2. The average molecular weight is 302 g/mol. The maximum atomic E-state index is 12.0. The molecule has 0 aliphatic heterocycles. The highest BCUT2D eigenvalue weighted by Crippen LogP contribution is 2.16. The van der Waals surface area contributed by atoms with Gasteiger partial charge >= 0.3 is 0 Å². The average Bonchev–Trinajstić information content (AvgIpc) is 2.68. The lowest BCUT2D eigenvalue weighted by molar-refractivity contribution is 0.0930. The van der Waals surface area contributed by atoms with Crippen LogP contribution in [-0.4, -0.2) is 27.6 Å². The highest BCUT2D eigenvalue weighted by atomic mass is 79.9. The highest BCUT2D eigenvalue weighted by molar-refractivity contribution is 9.09. The fourth-order valence-electron chi connectivity index (χ4n) is 1.37. The van der Waals surface area contributed by atoms with E-state index in [1.807, 2.05) is 13.0 Å². The van der Waals surface area contributed by atoms with E-state index in [-0.39, 0.29) is 11.3 Å². The maximum absolute atomic E-state index is 12.0. The van der Waals surface area contributed by atoms with Crippen molar-refractivity contribution in [1.29, 1.82) is 0 Å². The van der Waals surface area contributed by atoms with Gasteiger partial charge in [-0.3, -0.25) is 9.48 Å². The molecule has 4 nitrogen and oxygen atoms in total. The van der Waals surface area contributed by atoms with E-state index in [0.717, 1.165) is 17.4 Å². The van der Waals surface area contributed by atoms with Crippen LogP contribution in [0.2, 0.25) is 0 Å². The third-order valence-corrected chi connectivity index (χ3v) is 4.13. The molecule has 0 fully saturated rings. The fourth-order valence-corrected chi connectivity index (χ4v) is 1.57. The molecule has 0 aromatic carbocycles. The van der Waals surface area contributed by atoms with Crippen molar-refractivity contribution >= 4 is 21.8 Å². The van der Waals surface area contributed by atoms with E-state index in [9.17, 15) is 4.79 Å². The third-order valence-electron chi connectivity index (χ3n) is 2.61. The molecule has 0 aliphatic rings. The van der Waals surface area contributed by atoms with Crippen molar-refractivity contribution in [2.75, 3.05) is 11.9 Å². The second kappa shape index (κ2) is 5.67. The molecule has 1 rings (SSSR count). The van der Waals surface area contributed by atoms with Gasteiger partial charge in [0.2, 0.25) is 0 Å². The van der Waals surface area contributed by atoms with Crippen molar-refractivity contribution in [3.05, 3.63) is 17.5 Å². The van der Waals surface area contributed by atoms with E-state index < -0.39 is 0 Å². The van der Waals surface area contributed by atoms with Crippen molar-refractivity contribution in [3.8, 4) is 0 Å². The number of alkyl halides is 1. The number of rotatable bonds is 5. The van der Waals surface area contributed by atoms with Crippen molar-refractivity contribution in [2.45, 2.75) is 27.2 Å². The van der Waals surface area contributed by atoms with Gasteiger partial charge in [-0.15, -0.1) is 0 Å². The molecule has 96 valence electrons. The molecule has 1 amide bonds. The van der Waals surface area contributed by atoms with Gasteiger partial charge in [0.15, 0.2) is 0 Å². The van der Waals surface area contributed by atoms with Crippen LogP contribution in [0.1, 0.15) is 37.0 Å². The topological polar surface area (TPSA) is 46.9 Å². The quantitative estimate of drug-likeness (QED) is 0.847. The number of hydrogen-bond donors (Lipinski definition) is 1. The van der Waals surface area contributed by atoms with E-state index in [2.05, 4.69) is 40.2 Å². The largest absolute Gasteiger partial charge is 0.350 e. The summed E-state index contributed by atoms with van der Waals surface area (Å²) >= 11 is 3.44. The first-order chi connectivity index (χ1) is 7.89. The normalized spacial score (nSPS) is 11.6. The molecule has 1 heterocycles. The zero-order valence-electron chi connectivity index (χ0n) is 10.9.